The van der Waals surface area contributed by atoms with Gasteiger partial charge in [0.1, 0.15) is 5.69 Å². The number of fused-ring (bicyclic) bond motifs is 1. The van der Waals surface area contributed by atoms with E-state index in [4.69, 9.17) is 16.3 Å². The van der Waals surface area contributed by atoms with Gasteiger partial charge in [-0.15, -0.1) is 0 Å². The van der Waals surface area contributed by atoms with Crippen molar-refractivity contribution in [3.63, 3.8) is 0 Å². The Bertz CT molecular complexity index is 1500. The zero-order chi connectivity index (χ0) is 29.4. The molecule has 1 amide bonds. The Hall–Kier alpha value is -3.43. The summed E-state index contributed by atoms with van der Waals surface area (Å²) in [5.41, 5.74) is 1.82. The third-order valence-corrected chi connectivity index (χ3v) is 9.88. The number of nitro groups is 1. The molecule has 2 aromatic carbocycles. The highest BCUT2D eigenvalue weighted by Crippen LogP contribution is 2.44. The zero-order valence-electron chi connectivity index (χ0n) is 23.9. The van der Waals surface area contributed by atoms with Crippen molar-refractivity contribution in [2.75, 3.05) is 26.7 Å². The highest BCUT2D eigenvalue weighted by atomic mass is 35.5. The molecule has 4 heterocycles. The molecular weight excluding hydrogens is 556 g/mol. The smallest absolute Gasteiger partial charge is 0.305 e. The second kappa shape index (κ2) is 12.1. The van der Waals surface area contributed by atoms with Crippen molar-refractivity contribution in [1.29, 1.82) is 0 Å². The molecule has 0 saturated carbocycles. The largest absolute Gasteiger partial charge is 0.469 e. The van der Waals surface area contributed by atoms with Crippen LogP contribution in [0.25, 0.3) is 10.9 Å². The first-order valence-electron chi connectivity index (χ1n) is 15.0. The van der Waals surface area contributed by atoms with Gasteiger partial charge < -0.3 is 14.2 Å². The number of nitrogens with zero attached hydrogens (tertiary/aromatic N) is 4. The topological polar surface area (TPSA) is 97.9 Å². The van der Waals surface area contributed by atoms with Gasteiger partial charge in [0, 0.05) is 47.1 Å². The SMILES string of the molecule is COC(=O)CCC[C@@H]1[C@H]2CCCN3CCC[C@@H](CN1C(=O)c1cc4ccc(Cl)cc4n1Cc1ccccc1[N+](=O)[O-])[C@@H]23. The molecule has 0 bridgehead atoms. The van der Waals surface area contributed by atoms with E-state index < -0.39 is 0 Å². The molecule has 0 unspecified atom stereocenters. The minimum atomic E-state index is -0.379. The average molecular weight is 593 g/mol. The second-order valence-electron chi connectivity index (χ2n) is 11.9. The number of likely N-dealkylation sites (tertiary alicyclic amines) is 1. The average Bonchev–Trinajstić information content (AvgIpc) is 3.35. The summed E-state index contributed by atoms with van der Waals surface area (Å²) in [6, 6.07) is 14.6. The lowest BCUT2D eigenvalue weighted by atomic mass is 9.69. The fourth-order valence-electron chi connectivity index (χ4n) is 7.87. The number of esters is 1. The fourth-order valence-corrected chi connectivity index (χ4v) is 8.04. The van der Waals surface area contributed by atoms with Crippen LogP contribution in [0.3, 0.4) is 0 Å². The summed E-state index contributed by atoms with van der Waals surface area (Å²) in [6.07, 6.45) is 6.14. The van der Waals surface area contributed by atoms with E-state index in [0.717, 1.165) is 56.1 Å². The molecule has 0 spiro atoms. The monoisotopic (exact) mass is 592 g/mol. The van der Waals surface area contributed by atoms with Crippen LogP contribution in [0.1, 0.15) is 61.0 Å². The summed E-state index contributed by atoms with van der Waals surface area (Å²) < 4.78 is 6.79. The first kappa shape index (κ1) is 28.7. The molecule has 10 heteroatoms. The maximum atomic E-state index is 14.7. The van der Waals surface area contributed by atoms with Gasteiger partial charge in [-0.1, -0.05) is 35.9 Å². The highest BCUT2D eigenvalue weighted by molar-refractivity contribution is 6.31. The summed E-state index contributed by atoms with van der Waals surface area (Å²) in [4.78, 5) is 42.9. The maximum Gasteiger partial charge on any atom is 0.305 e. The molecule has 3 fully saturated rings. The number of aromatic nitrogens is 1. The Labute approximate surface area is 250 Å². The number of piperidine rings is 3. The maximum absolute atomic E-state index is 14.7. The summed E-state index contributed by atoms with van der Waals surface area (Å²) >= 11 is 6.41. The van der Waals surface area contributed by atoms with Gasteiger partial charge in [-0.05, 0) is 81.6 Å². The number of ether oxygens (including phenoxy) is 1. The first-order valence-corrected chi connectivity index (χ1v) is 15.4. The van der Waals surface area contributed by atoms with Gasteiger partial charge in [0.2, 0.25) is 0 Å². The molecular formula is C32H37ClN4O5. The molecule has 0 N–H and O–H groups in total. The van der Waals surface area contributed by atoms with E-state index in [0.29, 0.717) is 53.5 Å². The van der Waals surface area contributed by atoms with Crippen LogP contribution >= 0.6 is 11.6 Å². The summed E-state index contributed by atoms with van der Waals surface area (Å²) in [5.74, 6) is 0.463. The van der Waals surface area contributed by atoms with Crippen LogP contribution in [0.2, 0.25) is 5.02 Å². The summed E-state index contributed by atoms with van der Waals surface area (Å²) in [5, 5.41) is 13.2. The molecule has 6 rings (SSSR count). The Balaban J connectivity index is 1.40. The van der Waals surface area contributed by atoms with E-state index in [1.165, 1.54) is 13.2 Å². The summed E-state index contributed by atoms with van der Waals surface area (Å²) in [7, 11) is 1.41. The number of benzene rings is 2. The lowest BCUT2D eigenvalue weighted by Gasteiger charge is -2.57. The van der Waals surface area contributed by atoms with E-state index in [9.17, 15) is 19.7 Å². The molecule has 3 aliphatic heterocycles. The van der Waals surface area contributed by atoms with E-state index in [2.05, 4.69) is 9.80 Å². The van der Waals surface area contributed by atoms with E-state index in [1.807, 2.05) is 22.8 Å². The second-order valence-corrected chi connectivity index (χ2v) is 12.4. The van der Waals surface area contributed by atoms with E-state index in [1.54, 1.807) is 24.3 Å². The zero-order valence-corrected chi connectivity index (χ0v) is 24.7. The van der Waals surface area contributed by atoms with Gasteiger partial charge in [-0.3, -0.25) is 24.6 Å². The lowest BCUT2D eigenvalue weighted by Crippen LogP contribution is -2.65. The number of nitro benzene ring substituents is 1. The number of amides is 1. The number of carbonyl (C=O) groups excluding carboxylic acids is 2. The molecule has 9 nitrogen and oxygen atoms in total. The molecule has 3 aliphatic rings. The quantitative estimate of drug-likeness (QED) is 0.183. The van der Waals surface area contributed by atoms with Crippen molar-refractivity contribution in [1.82, 2.24) is 14.4 Å². The molecule has 4 atom stereocenters. The van der Waals surface area contributed by atoms with Gasteiger partial charge >= 0.3 is 5.97 Å². The standard InChI is InChI=1S/C32H37ClN4O5/c1-42-30(38)12-4-11-27-25-9-6-16-34-15-5-8-23(31(25)34)20-36(27)32(39)29-17-21-13-14-24(33)18-28(21)35(29)19-22-7-2-3-10-26(22)37(40)41/h2-3,7,10,13-14,17-18,23,25,27,31H,4-6,8-9,11-12,15-16,19-20H2,1H3/t23-,25+,27+,31-/m0/s1. The number of hydrogen-bond donors (Lipinski definition) is 0. The first-order chi connectivity index (χ1) is 20.4. The number of halogens is 1. The molecule has 3 saturated heterocycles. The number of methoxy groups -OCH3 is 1. The van der Waals surface area contributed by atoms with Crippen LogP contribution in [-0.4, -0.2) is 70.0 Å². The van der Waals surface area contributed by atoms with Crippen molar-refractivity contribution in [2.45, 2.75) is 63.6 Å². The van der Waals surface area contributed by atoms with Gasteiger partial charge in [-0.2, -0.15) is 0 Å². The van der Waals surface area contributed by atoms with E-state index >= 15 is 0 Å². The van der Waals surface area contributed by atoms with Crippen LogP contribution < -0.4 is 0 Å². The van der Waals surface area contributed by atoms with Gasteiger partial charge in [0.15, 0.2) is 0 Å². The number of carbonyl (C=O) groups is 2. The van der Waals surface area contributed by atoms with Crippen molar-refractivity contribution in [3.8, 4) is 0 Å². The molecule has 0 aliphatic carbocycles. The number of para-hydroxylation sites is 1. The van der Waals surface area contributed by atoms with Crippen LogP contribution in [0.5, 0.6) is 0 Å². The Morgan fingerprint density at radius 2 is 1.88 bits per heavy atom. The van der Waals surface area contributed by atoms with E-state index in [-0.39, 0.29) is 35.1 Å². The molecule has 42 heavy (non-hydrogen) atoms. The van der Waals surface area contributed by atoms with Gasteiger partial charge in [0.25, 0.3) is 11.6 Å². The van der Waals surface area contributed by atoms with Crippen LogP contribution in [-0.2, 0) is 16.1 Å². The van der Waals surface area contributed by atoms with Crippen molar-refractivity contribution >= 4 is 40.1 Å². The normalized spacial score (nSPS) is 23.9. The van der Waals surface area contributed by atoms with Crippen LogP contribution in [0.4, 0.5) is 5.69 Å². The van der Waals surface area contributed by atoms with Gasteiger partial charge in [-0.25, -0.2) is 0 Å². The van der Waals surface area contributed by atoms with Crippen LogP contribution in [0.15, 0.2) is 48.5 Å². The lowest BCUT2D eigenvalue weighted by molar-refractivity contribution is -0.385. The predicted molar refractivity (Wildman–Crippen MR) is 161 cm³/mol. The Morgan fingerprint density at radius 3 is 2.67 bits per heavy atom. The number of hydrogen-bond acceptors (Lipinski definition) is 6. The Morgan fingerprint density at radius 1 is 1.10 bits per heavy atom. The number of rotatable bonds is 8. The Kier molecular flexibility index (Phi) is 8.23. The van der Waals surface area contributed by atoms with Crippen molar-refractivity contribution < 1.29 is 19.2 Å². The molecule has 0 radical (unpaired) electrons. The summed E-state index contributed by atoms with van der Waals surface area (Å²) in [6.45, 7) is 3.08. The minimum Gasteiger partial charge on any atom is -0.469 e. The van der Waals surface area contributed by atoms with Gasteiger partial charge in [0.05, 0.1) is 24.1 Å². The molecule has 1 aromatic heterocycles. The third-order valence-electron chi connectivity index (χ3n) is 9.64. The highest BCUT2D eigenvalue weighted by Gasteiger charge is 2.49. The minimum absolute atomic E-state index is 0.00502. The fraction of sp³-hybridized carbons (Fsp3) is 0.500. The van der Waals surface area contributed by atoms with Crippen molar-refractivity contribution in [2.24, 2.45) is 11.8 Å². The van der Waals surface area contributed by atoms with Crippen molar-refractivity contribution in [3.05, 3.63) is 74.9 Å². The van der Waals surface area contributed by atoms with Crippen LogP contribution in [0, 0.1) is 22.0 Å². The molecule has 222 valence electrons. The third kappa shape index (κ3) is 5.40. The molecule has 3 aromatic rings. The predicted octanol–water partition coefficient (Wildman–Crippen LogP) is 5.91.